The standard InChI is InChI=1S/C11H17N3O2/c12-7-8-13-11(6-9-14(15)16)10-4-2-1-3-5-10/h1-5,11,13H,6-9,12H2. The van der Waals surface area contributed by atoms with E-state index in [2.05, 4.69) is 5.32 Å². The molecule has 0 aromatic heterocycles. The second-order valence-corrected chi connectivity index (χ2v) is 3.55. The fraction of sp³-hybridized carbons (Fsp3) is 0.455. The summed E-state index contributed by atoms with van der Waals surface area (Å²) in [6.07, 6.45) is 0.483. The third-order valence-electron chi connectivity index (χ3n) is 2.34. The molecule has 88 valence electrons. The summed E-state index contributed by atoms with van der Waals surface area (Å²) in [4.78, 5) is 10.1. The van der Waals surface area contributed by atoms with E-state index in [1.54, 1.807) is 0 Å². The molecule has 0 amide bonds. The molecule has 0 heterocycles. The van der Waals surface area contributed by atoms with Crippen LogP contribution in [0.4, 0.5) is 0 Å². The molecule has 1 atom stereocenters. The minimum absolute atomic E-state index is 0.00940. The Morgan fingerprint density at radius 1 is 1.38 bits per heavy atom. The summed E-state index contributed by atoms with van der Waals surface area (Å²) in [7, 11) is 0. The number of hydrogen-bond donors (Lipinski definition) is 2. The minimum atomic E-state index is -0.292. The Balaban J connectivity index is 2.59. The van der Waals surface area contributed by atoms with Crippen molar-refractivity contribution in [1.29, 1.82) is 0 Å². The molecule has 1 rings (SSSR count). The number of nitrogens with zero attached hydrogens (tertiary/aromatic N) is 1. The Bertz CT molecular complexity index is 316. The molecule has 3 N–H and O–H groups in total. The van der Waals surface area contributed by atoms with Gasteiger partial charge in [-0.3, -0.25) is 10.1 Å². The van der Waals surface area contributed by atoms with Crippen LogP contribution in [0.3, 0.4) is 0 Å². The summed E-state index contributed by atoms with van der Waals surface area (Å²) in [5.41, 5.74) is 6.48. The van der Waals surface area contributed by atoms with Gasteiger partial charge in [-0.05, 0) is 5.56 Å². The Labute approximate surface area is 94.8 Å². The van der Waals surface area contributed by atoms with Gasteiger partial charge < -0.3 is 11.1 Å². The number of hydrogen-bond acceptors (Lipinski definition) is 4. The zero-order valence-electron chi connectivity index (χ0n) is 9.13. The molecular weight excluding hydrogens is 206 g/mol. The summed E-state index contributed by atoms with van der Waals surface area (Å²) in [5, 5.41) is 13.6. The lowest BCUT2D eigenvalue weighted by Gasteiger charge is -2.16. The third kappa shape index (κ3) is 4.37. The summed E-state index contributed by atoms with van der Waals surface area (Å²) < 4.78 is 0. The largest absolute Gasteiger partial charge is 0.329 e. The van der Waals surface area contributed by atoms with Gasteiger partial charge in [-0.1, -0.05) is 30.3 Å². The number of rotatable bonds is 7. The van der Waals surface area contributed by atoms with E-state index in [1.807, 2.05) is 30.3 Å². The van der Waals surface area contributed by atoms with Gasteiger partial charge >= 0.3 is 0 Å². The van der Waals surface area contributed by atoms with Crippen LogP contribution in [0.25, 0.3) is 0 Å². The molecule has 1 aromatic carbocycles. The van der Waals surface area contributed by atoms with Gasteiger partial charge in [0.2, 0.25) is 6.54 Å². The molecule has 0 bridgehead atoms. The zero-order chi connectivity index (χ0) is 11.8. The van der Waals surface area contributed by atoms with Crippen molar-refractivity contribution in [2.75, 3.05) is 19.6 Å². The lowest BCUT2D eigenvalue weighted by molar-refractivity contribution is -0.481. The van der Waals surface area contributed by atoms with Gasteiger partial charge in [0, 0.05) is 30.5 Å². The summed E-state index contributed by atoms with van der Waals surface area (Å²) >= 11 is 0. The average molecular weight is 223 g/mol. The SMILES string of the molecule is NCCNC(CC[N+](=O)[O-])c1ccccc1. The van der Waals surface area contributed by atoms with Crippen molar-refractivity contribution < 1.29 is 4.92 Å². The predicted molar refractivity (Wildman–Crippen MR) is 62.7 cm³/mol. The fourth-order valence-corrected chi connectivity index (χ4v) is 1.56. The van der Waals surface area contributed by atoms with E-state index in [0.717, 1.165) is 5.56 Å². The minimum Gasteiger partial charge on any atom is -0.329 e. The zero-order valence-corrected chi connectivity index (χ0v) is 9.13. The molecule has 0 aliphatic rings. The molecule has 0 aliphatic carbocycles. The molecule has 1 aromatic rings. The van der Waals surface area contributed by atoms with Crippen molar-refractivity contribution in [2.24, 2.45) is 5.73 Å². The number of nitro groups is 1. The third-order valence-corrected chi connectivity index (χ3v) is 2.34. The second-order valence-electron chi connectivity index (χ2n) is 3.55. The van der Waals surface area contributed by atoms with Crippen LogP contribution < -0.4 is 11.1 Å². The van der Waals surface area contributed by atoms with E-state index in [1.165, 1.54) is 0 Å². The van der Waals surface area contributed by atoms with Crippen LogP contribution in [0.2, 0.25) is 0 Å². The summed E-state index contributed by atoms with van der Waals surface area (Å²) in [6, 6.07) is 9.73. The average Bonchev–Trinajstić information content (AvgIpc) is 2.30. The van der Waals surface area contributed by atoms with Gasteiger partial charge in [0.1, 0.15) is 0 Å². The Hall–Kier alpha value is -1.46. The lowest BCUT2D eigenvalue weighted by Crippen LogP contribution is -2.28. The van der Waals surface area contributed by atoms with Gasteiger partial charge in [0.05, 0.1) is 0 Å². The van der Waals surface area contributed by atoms with Crippen molar-refractivity contribution in [3.63, 3.8) is 0 Å². The molecule has 16 heavy (non-hydrogen) atoms. The second kappa shape index (κ2) is 6.92. The van der Waals surface area contributed by atoms with E-state index < -0.39 is 0 Å². The summed E-state index contributed by atoms with van der Waals surface area (Å²) in [5.74, 6) is 0. The van der Waals surface area contributed by atoms with Gasteiger partial charge in [0.25, 0.3) is 0 Å². The molecular formula is C11H17N3O2. The predicted octanol–water partition coefficient (Wildman–Crippen LogP) is 0.943. The molecule has 5 heteroatoms. The Morgan fingerprint density at radius 2 is 2.06 bits per heavy atom. The molecule has 0 saturated carbocycles. The van der Waals surface area contributed by atoms with E-state index in [4.69, 9.17) is 5.73 Å². The first-order chi connectivity index (χ1) is 7.74. The van der Waals surface area contributed by atoms with Crippen molar-refractivity contribution in [3.8, 4) is 0 Å². The van der Waals surface area contributed by atoms with Crippen LogP contribution in [0.1, 0.15) is 18.0 Å². The maximum absolute atomic E-state index is 10.4. The van der Waals surface area contributed by atoms with Gasteiger partial charge in [0.15, 0.2) is 0 Å². The highest BCUT2D eigenvalue weighted by Gasteiger charge is 2.12. The first kappa shape index (κ1) is 12.6. The van der Waals surface area contributed by atoms with Crippen LogP contribution in [-0.4, -0.2) is 24.6 Å². The van der Waals surface area contributed by atoms with Crippen LogP contribution in [0, 0.1) is 10.1 Å². The van der Waals surface area contributed by atoms with Crippen LogP contribution in [0.5, 0.6) is 0 Å². The van der Waals surface area contributed by atoms with E-state index in [9.17, 15) is 10.1 Å². The van der Waals surface area contributed by atoms with E-state index in [0.29, 0.717) is 19.5 Å². The van der Waals surface area contributed by atoms with Gasteiger partial charge in [-0.15, -0.1) is 0 Å². The highest BCUT2D eigenvalue weighted by Crippen LogP contribution is 2.15. The van der Waals surface area contributed by atoms with Crippen LogP contribution in [0.15, 0.2) is 30.3 Å². The maximum Gasteiger partial charge on any atom is 0.205 e. The van der Waals surface area contributed by atoms with E-state index in [-0.39, 0.29) is 17.5 Å². The summed E-state index contributed by atoms with van der Waals surface area (Å²) in [6.45, 7) is 1.16. The molecule has 5 nitrogen and oxygen atoms in total. The Kier molecular flexibility index (Phi) is 5.45. The first-order valence-electron chi connectivity index (χ1n) is 5.34. The first-order valence-corrected chi connectivity index (χ1v) is 5.34. The molecule has 1 unspecified atom stereocenters. The molecule has 0 spiro atoms. The molecule has 0 aliphatic heterocycles. The van der Waals surface area contributed by atoms with Crippen molar-refractivity contribution >= 4 is 0 Å². The molecule has 0 radical (unpaired) electrons. The van der Waals surface area contributed by atoms with Crippen LogP contribution in [-0.2, 0) is 0 Å². The molecule has 0 fully saturated rings. The van der Waals surface area contributed by atoms with Crippen molar-refractivity contribution in [2.45, 2.75) is 12.5 Å². The Morgan fingerprint density at radius 3 is 2.62 bits per heavy atom. The maximum atomic E-state index is 10.4. The highest BCUT2D eigenvalue weighted by atomic mass is 16.6. The van der Waals surface area contributed by atoms with Crippen molar-refractivity contribution in [3.05, 3.63) is 46.0 Å². The lowest BCUT2D eigenvalue weighted by atomic mass is 10.0. The van der Waals surface area contributed by atoms with Crippen molar-refractivity contribution in [1.82, 2.24) is 5.32 Å². The number of benzene rings is 1. The van der Waals surface area contributed by atoms with Crippen LogP contribution >= 0.6 is 0 Å². The number of nitrogens with two attached hydrogens (primary N) is 1. The fourth-order valence-electron chi connectivity index (χ4n) is 1.56. The topological polar surface area (TPSA) is 81.2 Å². The van der Waals surface area contributed by atoms with Gasteiger partial charge in [-0.25, -0.2) is 0 Å². The normalized spacial score (nSPS) is 12.3. The quantitative estimate of drug-likeness (QED) is 0.532. The monoisotopic (exact) mass is 223 g/mol. The van der Waals surface area contributed by atoms with E-state index >= 15 is 0 Å². The highest BCUT2D eigenvalue weighted by molar-refractivity contribution is 5.18. The van der Waals surface area contributed by atoms with Gasteiger partial charge in [-0.2, -0.15) is 0 Å². The smallest absolute Gasteiger partial charge is 0.205 e. The number of nitrogens with one attached hydrogen (secondary N) is 1. The molecule has 0 saturated heterocycles.